The van der Waals surface area contributed by atoms with E-state index in [9.17, 15) is 38.0 Å². The van der Waals surface area contributed by atoms with E-state index in [0.717, 1.165) is 19.2 Å². The average molecular weight is 516 g/mol. The van der Waals surface area contributed by atoms with E-state index in [4.69, 9.17) is 14.5 Å². The van der Waals surface area contributed by atoms with Crippen molar-refractivity contribution in [2.75, 3.05) is 6.61 Å². The second-order valence-electron chi connectivity index (χ2n) is 6.03. The standard InChI is InChI=1S/C10H16FN2O13P3S/c1-10(11)7(15)5(24-8(10)13-3-2-6(14)12-9(13)16)4-23-29(22,30)26-28(20,21)25-27(17,18)19/h2-3,5,7-8,15H,4H2,1H3,(H,20,21)(H,22,30)(H,12,14,16)(H2,17,18,19). The molecule has 6 N–H and O–H groups in total. The Labute approximate surface area is 171 Å². The third-order valence-electron chi connectivity index (χ3n) is 3.64. The zero-order chi connectivity index (χ0) is 23.1. The molecule has 0 spiro atoms. The van der Waals surface area contributed by atoms with Crippen LogP contribution >= 0.6 is 22.4 Å². The molecule has 15 nitrogen and oxygen atoms in total. The Bertz CT molecular complexity index is 1050. The van der Waals surface area contributed by atoms with Crippen LogP contribution in [0.1, 0.15) is 13.2 Å². The highest BCUT2D eigenvalue weighted by molar-refractivity contribution is 8.08. The van der Waals surface area contributed by atoms with Gasteiger partial charge in [0.2, 0.25) is 0 Å². The van der Waals surface area contributed by atoms with Gasteiger partial charge in [0, 0.05) is 12.3 Å². The fourth-order valence-corrected chi connectivity index (χ4v) is 6.40. The summed E-state index contributed by atoms with van der Waals surface area (Å²) in [7, 11) is -11.1. The number of hydrogen-bond donors (Lipinski definition) is 6. The third kappa shape index (κ3) is 6.43. The molecule has 2 heterocycles. The minimum absolute atomic E-state index is 0.645. The highest BCUT2D eigenvalue weighted by Crippen LogP contribution is 2.66. The molecule has 1 aliphatic heterocycles. The van der Waals surface area contributed by atoms with Gasteiger partial charge in [-0.2, -0.15) is 4.31 Å². The predicted molar refractivity (Wildman–Crippen MR) is 97.2 cm³/mol. The average Bonchev–Trinajstić information content (AvgIpc) is 2.73. The fraction of sp³-hybridized carbons (Fsp3) is 0.600. The zero-order valence-electron chi connectivity index (χ0n) is 14.7. The van der Waals surface area contributed by atoms with Crippen molar-refractivity contribution in [3.8, 4) is 0 Å². The van der Waals surface area contributed by atoms with Gasteiger partial charge in [-0.3, -0.25) is 14.3 Å². The minimum Gasteiger partial charge on any atom is -0.387 e. The first-order valence-corrected chi connectivity index (χ1v) is 13.2. The largest absolute Gasteiger partial charge is 0.488 e. The summed E-state index contributed by atoms with van der Waals surface area (Å²) in [6, 6.07) is 0.901. The molecule has 0 saturated carbocycles. The molecule has 0 amide bonds. The number of nitrogens with one attached hydrogen (secondary N) is 1. The van der Waals surface area contributed by atoms with E-state index in [0.29, 0.717) is 4.57 Å². The zero-order valence-corrected chi connectivity index (χ0v) is 18.2. The van der Waals surface area contributed by atoms with Crippen LogP contribution in [0.2, 0.25) is 0 Å². The highest BCUT2D eigenvalue weighted by Gasteiger charge is 2.55. The van der Waals surface area contributed by atoms with Gasteiger partial charge in [0.15, 0.2) is 11.9 Å². The van der Waals surface area contributed by atoms with Crippen molar-refractivity contribution in [3.63, 3.8) is 0 Å². The molecule has 20 heteroatoms. The normalized spacial score (nSPS) is 31.2. The van der Waals surface area contributed by atoms with Gasteiger partial charge < -0.3 is 33.9 Å². The Kier molecular flexibility index (Phi) is 7.44. The van der Waals surface area contributed by atoms with Crippen LogP contribution in [-0.2, 0) is 38.8 Å². The number of aliphatic hydroxyl groups excluding tert-OH is 1. The lowest BCUT2D eigenvalue weighted by molar-refractivity contribution is -0.0593. The first-order valence-electron chi connectivity index (χ1n) is 7.56. The Morgan fingerprint density at radius 3 is 2.43 bits per heavy atom. The van der Waals surface area contributed by atoms with Gasteiger partial charge in [-0.15, -0.1) is 0 Å². The van der Waals surface area contributed by atoms with Crippen LogP contribution in [0.5, 0.6) is 0 Å². The maximum absolute atomic E-state index is 15.0. The minimum atomic E-state index is -5.56. The smallest absolute Gasteiger partial charge is 0.387 e. The molecule has 1 aliphatic rings. The van der Waals surface area contributed by atoms with Gasteiger partial charge >= 0.3 is 28.1 Å². The Hall–Kier alpha value is -0.640. The number of halogens is 1. The number of aromatic nitrogens is 2. The Balaban J connectivity index is 2.13. The van der Waals surface area contributed by atoms with Crippen LogP contribution in [-0.4, -0.2) is 58.7 Å². The maximum atomic E-state index is 15.0. The van der Waals surface area contributed by atoms with E-state index in [-0.39, 0.29) is 0 Å². The summed E-state index contributed by atoms with van der Waals surface area (Å²) in [5.74, 6) is 0. The molecule has 30 heavy (non-hydrogen) atoms. The van der Waals surface area contributed by atoms with Crippen LogP contribution in [0, 0.1) is 0 Å². The lowest BCUT2D eigenvalue weighted by Gasteiger charge is -2.24. The first-order chi connectivity index (χ1) is 13.4. The molecule has 1 aromatic rings. The maximum Gasteiger partial charge on any atom is 0.488 e. The number of rotatable bonds is 8. The molecule has 2 rings (SSSR count). The second kappa shape index (κ2) is 8.71. The van der Waals surface area contributed by atoms with Crippen molar-refractivity contribution >= 4 is 34.2 Å². The van der Waals surface area contributed by atoms with Crippen LogP contribution in [0.25, 0.3) is 0 Å². The summed E-state index contributed by atoms with van der Waals surface area (Å²) in [4.78, 5) is 60.8. The summed E-state index contributed by atoms with van der Waals surface area (Å²) < 4.78 is 55.0. The number of hydrogen-bond acceptors (Lipinski definition) is 10. The monoisotopic (exact) mass is 516 g/mol. The van der Waals surface area contributed by atoms with Crippen molar-refractivity contribution < 1.29 is 56.1 Å². The lowest BCUT2D eigenvalue weighted by atomic mass is 9.98. The fourth-order valence-electron chi connectivity index (χ4n) is 2.43. The molecule has 0 aliphatic carbocycles. The van der Waals surface area contributed by atoms with Crippen LogP contribution in [0.3, 0.4) is 0 Å². The number of alkyl halides is 1. The molecule has 1 saturated heterocycles. The number of H-pyrrole nitrogens is 1. The van der Waals surface area contributed by atoms with E-state index in [2.05, 4.69) is 25.0 Å². The molecule has 0 radical (unpaired) electrons. The lowest BCUT2D eigenvalue weighted by Crippen LogP contribution is -2.43. The number of ether oxygens (including phenoxy) is 1. The number of nitrogens with zero attached hydrogens (tertiary/aromatic N) is 1. The van der Waals surface area contributed by atoms with Crippen molar-refractivity contribution in [2.45, 2.75) is 31.0 Å². The number of aliphatic hydroxyl groups is 1. The summed E-state index contributed by atoms with van der Waals surface area (Å²) in [6.07, 6.45) is -4.39. The van der Waals surface area contributed by atoms with Crippen molar-refractivity contribution in [2.24, 2.45) is 0 Å². The molecular weight excluding hydrogens is 500 g/mol. The van der Waals surface area contributed by atoms with Crippen LogP contribution < -0.4 is 11.2 Å². The quantitative estimate of drug-likeness (QED) is 0.228. The topological polar surface area (TPSA) is 227 Å². The number of phosphoric acid groups is 2. The predicted octanol–water partition coefficient (Wildman–Crippen LogP) is -1.02. The third-order valence-corrected chi connectivity index (χ3v) is 8.36. The van der Waals surface area contributed by atoms with Gasteiger partial charge in [0.1, 0.15) is 12.2 Å². The summed E-state index contributed by atoms with van der Waals surface area (Å²) >= 11 is 4.40. The number of aromatic amines is 1. The SMILES string of the molecule is CC1(F)C(O)C(COP(O)(=S)OP(=O)(O)OP(=O)(O)O)OC1n1ccc(=O)[nH]c1=O. The molecule has 0 bridgehead atoms. The van der Waals surface area contributed by atoms with E-state index in [1.807, 2.05) is 4.98 Å². The highest BCUT2D eigenvalue weighted by atomic mass is 32.5. The molecule has 1 fully saturated rings. The molecule has 1 aromatic heterocycles. The second-order valence-corrected chi connectivity index (χ2v) is 11.8. The van der Waals surface area contributed by atoms with Crippen molar-refractivity contribution in [3.05, 3.63) is 33.1 Å². The molecule has 0 aromatic carbocycles. The first kappa shape index (κ1) is 25.6. The molecule has 6 unspecified atom stereocenters. The molecular formula is C10H16FN2O13P3S. The van der Waals surface area contributed by atoms with Gasteiger partial charge in [-0.25, -0.2) is 22.6 Å². The van der Waals surface area contributed by atoms with Crippen LogP contribution in [0.15, 0.2) is 21.9 Å². The summed E-state index contributed by atoms with van der Waals surface area (Å²) in [6.45, 7) is -4.76. The van der Waals surface area contributed by atoms with Gasteiger partial charge in [0.05, 0.1) is 6.61 Å². The van der Waals surface area contributed by atoms with Gasteiger partial charge in [-0.1, -0.05) is 0 Å². The van der Waals surface area contributed by atoms with Gasteiger partial charge in [-0.05, 0) is 18.7 Å². The Morgan fingerprint density at radius 1 is 1.30 bits per heavy atom. The Morgan fingerprint density at radius 2 is 1.90 bits per heavy atom. The van der Waals surface area contributed by atoms with E-state index in [1.165, 1.54) is 0 Å². The van der Waals surface area contributed by atoms with Crippen LogP contribution in [0.4, 0.5) is 4.39 Å². The van der Waals surface area contributed by atoms with E-state index in [1.54, 1.807) is 0 Å². The molecule has 172 valence electrons. The molecule has 6 atom stereocenters. The van der Waals surface area contributed by atoms with E-state index >= 15 is 0 Å². The summed E-state index contributed by atoms with van der Waals surface area (Å²) in [5, 5.41) is 10.1. The van der Waals surface area contributed by atoms with Gasteiger partial charge in [0.25, 0.3) is 5.56 Å². The van der Waals surface area contributed by atoms with E-state index < -0.39 is 64.3 Å². The van der Waals surface area contributed by atoms with Crippen molar-refractivity contribution in [1.82, 2.24) is 9.55 Å². The summed E-state index contributed by atoms with van der Waals surface area (Å²) in [5.41, 5.74) is -4.42. The van der Waals surface area contributed by atoms with Crippen molar-refractivity contribution in [1.29, 1.82) is 0 Å².